The van der Waals surface area contributed by atoms with Crippen LogP contribution in [0.4, 0.5) is 0 Å². The molecule has 0 heterocycles. The fourth-order valence-corrected chi connectivity index (χ4v) is 15.1. The largest absolute Gasteiger partial charge is 1.00 e. The van der Waals surface area contributed by atoms with Gasteiger partial charge in [-0.3, -0.25) is 4.34 Å². The van der Waals surface area contributed by atoms with Crippen molar-refractivity contribution in [3.63, 3.8) is 0 Å². The summed E-state index contributed by atoms with van der Waals surface area (Å²) in [7, 11) is -2.66. The average Bonchev–Trinajstić information content (AvgIpc) is 2.44. The summed E-state index contributed by atoms with van der Waals surface area (Å²) < 4.78 is 3.03. The minimum absolute atomic E-state index is 0. The van der Waals surface area contributed by atoms with Crippen molar-refractivity contribution in [3.8, 4) is 0 Å². The van der Waals surface area contributed by atoms with E-state index in [2.05, 4.69) is 48.6 Å². The third kappa shape index (κ3) is 6.07. The maximum absolute atomic E-state index is 3.03. The van der Waals surface area contributed by atoms with Gasteiger partial charge in [-0.1, -0.05) is 77.8 Å². The molecule has 0 aromatic rings. The Morgan fingerprint density at radius 3 is 1.17 bits per heavy atom. The topological polar surface area (TPSA) is 6.48 Å². The van der Waals surface area contributed by atoms with Crippen LogP contribution >= 0.6 is 0 Å². The van der Waals surface area contributed by atoms with Crippen LogP contribution in [0.15, 0.2) is 0 Å². The van der Waals surface area contributed by atoms with E-state index in [0.29, 0.717) is 0 Å². The van der Waals surface area contributed by atoms with Crippen LogP contribution in [-0.2, 0) is 21.7 Å². The van der Waals surface area contributed by atoms with Crippen molar-refractivity contribution in [2.45, 2.75) is 116 Å². The summed E-state index contributed by atoms with van der Waals surface area (Å²) in [5.41, 5.74) is 0. The minimum Gasteiger partial charge on any atom is -1.00 e. The van der Waals surface area contributed by atoms with Crippen molar-refractivity contribution in [3.05, 3.63) is 0 Å². The van der Waals surface area contributed by atoms with E-state index in [1.165, 1.54) is 64.2 Å². The van der Waals surface area contributed by atoms with Gasteiger partial charge in [0.25, 0.3) is 0 Å². The van der Waals surface area contributed by atoms with Gasteiger partial charge in [-0.05, 0) is 25.7 Å². The van der Waals surface area contributed by atoms with Crippen molar-refractivity contribution in [2.24, 2.45) is 0 Å². The van der Waals surface area contributed by atoms with E-state index in [1.54, 1.807) is 0 Å². The van der Waals surface area contributed by atoms with Gasteiger partial charge in [0.2, 0.25) is 0 Å². The number of nitrogens with zero attached hydrogens (tertiary/aromatic N) is 2. The molecule has 0 radical (unpaired) electrons. The van der Waals surface area contributed by atoms with Crippen LogP contribution in [0.2, 0.25) is 39.3 Å². The summed E-state index contributed by atoms with van der Waals surface area (Å²) in [6, 6.07) is 1.69. The van der Waals surface area contributed by atoms with E-state index in [-0.39, 0.29) is 24.6 Å². The smallest absolute Gasteiger partial charge is 0.128 e. The van der Waals surface area contributed by atoms with Crippen LogP contribution in [0, 0.1) is 0 Å². The number of rotatable bonds is 5. The van der Waals surface area contributed by atoms with Gasteiger partial charge in [0.1, 0.15) is 16.5 Å². The first-order valence-electron chi connectivity index (χ1n) is 9.80. The molecule has 2 aliphatic carbocycles. The summed E-state index contributed by atoms with van der Waals surface area (Å²) in [5, 5.41) is 3.01. The molecule has 2 fully saturated rings. The first kappa shape index (κ1) is 22.1. The van der Waals surface area contributed by atoms with Gasteiger partial charge < -0.3 is 2.85 Å². The molecule has 2 aliphatic rings. The van der Waals surface area contributed by atoms with Gasteiger partial charge in [0.15, 0.2) is 0 Å². The van der Waals surface area contributed by atoms with Crippen molar-refractivity contribution in [1.29, 1.82) is 0 Å². The molecule has 2 nitrogen and oxygen atoms in total. The molecule has 0 bridgehead atoms. The van der Waals surface area contributed by atoms with Gasteiger partial charge in [-0.15, -0.1) is 0 Å². The van der Waals surface area contributed by atoms with Crippen molar-refractivity contribution < 1.29 is 24.6 Å². The molecule has 0 atom stereocenters. The number of hydrogen-bond donors (Lipinski definition) is 0. The fraction of sp³-hybridized carbons (Fsp3) is 1.00. The van der Waals surface area contributed by atoms with Crippen LogP contribution in [0.25, 0.3) is 0 Å². The Labute approximate surface area is 165 Å². The molecule has 0 aromatic heterocycles. The first-order chi connectivity index (χ1) is 10.2. The van der Waals surface area contributed by atoms with E-state index < -0.39 is 16.5 Å². The second kappa shape index (κ2) is 9.14. The molecule has 0 aliphatic heterocycles. The van der Waals surface area contributed by atoms with Crippen LogP contribution in [0.1, 0.15) is 67.1 Å². The third-order valence-corrected chi connectivity index (χ3v) is 12.4. The van der Waals surface area contributed by atoms with Gasteiger partial charge in [-0.25, -0.2) is 5.01 Å². The van der Waals surface area contributed by atoms with E-state index in [4.69, 9.17) is 0 Å². The molecule has 0 unspecified atom stereocenters. The molecule has 5 heteroatoms. The number of hydrazine groups is 1. The van der Waals surface area contributed by atoms with Crippen LogP contribution in [0.3, 0.4) is 0 Å². The second-order valence-corrected chi connectivity index (χ2v) is 19.6. The van der Waals surface area contributed by atoms with E-state index in [1.807, 2.05) is 0 Å². The Morgan fingerprint density at radius 2 is 0.913 bits per heavy atom. The Kier molecular flexibility index (Phi) is 8.78. The quantitative estimate of drug-likeness (QED) is 0.416. The summed E-state index contributed by atoms with van der Waals surface area (Å²) in [5.74, 6) is 0. The molecule has 138 valence electrons. The fourth-order valence-electron chi connectivity index (χ4n) is 5.01. The van der Waals surface area contributed by atoms with Crippen molar-refractivity contribution in [2.75, 3.05) is 0 Å². The van der Waals surface area contributed by atoms with E-state index in [0.717, 1.165) is 12.1 Å². The minimum atomic E-state index is -1.33. The Bertz CT molecular complexity index is 318. The van der Waals surface area contributed by atoms with Crippen molar-refractivity contribution in [1.82, 2.24) is 9.35 Å². The molecule has 0 aromatic carbocycles. The molecule has 0 spiro atoms. The van der Waals surface area contributed by atoms with Gasteiger partial charge >= 0.3 is 0 Å². The predicted molar refractivity (Wildman–Crippen MR) is 106 cm³/mol. The summed E-state index contributed by atoms with van der Waals surface area (Å²) in [6.07, 6.45) is 14.5. The van der Waals surface area contributed by atoms with Gasteiger partial charge in [0.05, 0.1) is 0 Å². The van der Waals surface area contributed by atoms with Crippen LogP contribution in [-0.4, -0.2) is 37.9 Å². The zero-order valence-corrected chi connectivity index (χ0v) is 20.2. The third-order valence-electron chi connectivity index (χ3n) is 5.40. The van der Waals surface area contributed by atoms with E-state index >= 15 is 0 Å². The summed E-state index contributed by atoms with van der Waals surface area (Å²) in [4.78, 5) is 0. The molecule has 0 saturated heterocycles. The zero-order chi connectivity index (χ0) is 16.4. The monoisotopic (exact) mass is 390 g/mol. The van der Waals surface area contributed by atoms with Gasteiger partial charge in [-0.2, -0.15) is 0 Å². The SMILES string of the molecule is C[Si](C)(C)N(N(C1CCCCC1)C1CCCCC1)[Si](C)(C)C.[H-].[H-].[Ti]. The molecule has 2 rings (SSSR count). The van der Waals surface area contributed by atoms with E-state index in [9.17, 15) is 0 Å². The molecule has 0 N–H and O–H groups in total. The normalized spacial score (nSPS) is 22.4. The number of hydrogen-bond acceptors (Lipinski definition) is 2. The Morgan fingerprint density at radius 1 is 0.609 bits per heavy atom. The molecular formula is C18H42N2Si2Ti-2. The predicted octanol–water partition coefficient (Wildman–Crippen LogP) is 6.06. The Hall–Kier alpha value is 1.07. The molecule has 23 heavy (non-hydrogen) atoms. The Balaban J connectivity index is 0. The first-order valence-corrected chi connectivity index (χ1v) is 16.7. The van der Waals surface area contributed by atoms with Crippen LogP contribution in [0.5, 0.6) is 0 Å². The van der Waals surface area contributed by atoms with Crippen molar-refractivity contribution >= 4 is 16.5 Å². The molecule has 2 saturated carbocycles. The molecule has 0 amide bonds. The summed E-state index contributed by atoms with van der Waals surface area (Å²) >= 11 is 0. The average molecular weight is 391 g/mol. The van der Waals surface area contributed by atoms with Gasteiger partial charge in [0, 0.05) is 33.8 Å². The second-order valence-electron chi connectivity index (χ2n) is 9.62. The standard InChI is InChI=1S/C18H40N2Si2.Ti.2H/c1-21(2,3)20(22(4,5)6)19(17-13-9-7-10-14-17)18-15-11-8-12-16-18;;;/h17-18H,7-16H2,1-6H3;;;/q;;2*-1. The maximum atomic E-state index is 3.03. The van der Waals surface area contributed by atoms with Crippen LogP contribution < -0.4 is 0 Å². The maximum Gasteiger partial charge on any atom is 0.128 e. The molecular weight excluding hydrogens is 348 g/mol. The zero-order valence-electron chi connectivity index (χ0n) is 18.6. The summed E-state index contributed by atoms with van der Waals surface area (Å²) in [6.45, 7) is 15.4.